The van der Waals surface area contributed by atoms with E-state index in [0.29, 0.717) is 11.5 Å². The van der Waals surface area contributed by atoms with Crippen molar-refractivity contribution in [2.24, 2.45) is 0 Å². The largest absolute Gasteiger partial charge is 0.493 e. The van der Waals surface area contributed by atoms with Gasteiger partial charge >= 0.3 is 5.97 Å². The minimum absolute atomic E-state index is 0.627. The van der Waals surface area contributed by atoms with E-state index >= 15 is 0 Å². The van der Waals surface area contributed by atoms with Crippen molar-refractivity contribution in [2.45, 2.75) is 28.9 Å². The topological polar surface area (TPSA) is 55.8 Å². The molecule has 4 nitrogen and oxygen atoms in total. The second-order valence-corrected chi connectivity index (χ2v) is 5.73. The minimum atomic E-state index is -0.728. The van der Waals surface area contributed by atoms with Crippen LogP contribution in [0.1, 0.15) is 19.3 Å². The molecule has 0 bridgehead atoms. The van der Waals surface area contributed by atoms with E-state index in [0.717, 1.165) is 24.2 Å². The Hall–Kier alpha value is -1.36. The van der Waals surface area contributed by atoms with Crippen molar-refractivity contribution < 1.29 is 19.4 Å². The van der Waals surface area contributed by atoms with Crippen molar-refractivity contribution in [3.8, 4) is 11.5 Å². The van der Waals surface area contributed by atoms with Crippen LogP contribution in [-0.4, -0.2) is 30.0 Å². The highest BCUT2D eigenvalue weighted by Gasteiger charge is 2.45. The molecule has 1 aliphatic rings. The van der Waals surface area contributed by atoms with E-state index in [4.69, 9.17) is 9.47 Å². The molecular weight excluding hydrogens is 252 g/mol. The highest BCUT2D eigenvalue weighted by Crippen LogP contribution is 2.48. The Morgan fingerprint density at radius 3 is 2.39 bits per heavy atom. The zero-order valence-corrected chi connectivity index (χ0v) is 11.3. The Labute approximate surface area is 110 Å². The fourth-order valence-electron chi connectivity index (χ4n) is 1.96. The minimum Gasteiger partial charge on any atom is -0.493 e. The van der Waals surface area contributed by atoms with E-state index in [2.05, 4.69) is 0 Å². The van der Waals surface area contributed by atoms with Crippen LogP contribution in [-0.2, 0) is 4.79 Å². The quantitative estimate of drug-likeness (QED) is 0.890. The van der Waals surface area contributed by atoms with Crippen LogP contribution in [0, 0.1) is 0 Å². The second-order valence-electron chi connectivity index (χ2n) is 4.27. The Kier molecular flexibility index (Phi) is 3.71. The van der Waals surface area contributed by atoms with Crippen molar-refractivity contribution in [3.05, 3.63) is 18.2 Å². The first-order valence-corrected chi connectivity index (χ1v) is 6.57. The molecule has 0 heterocycles. The van der Waals surface area contributed by atoms with Crippen LogP contribution in [0.15, 0.2) is 23.1 Å². The maximum Gasteiger partial charge on any atom is 0.320 e. The summed E-state index contributed by atoms with van der Waals surface area (Å²) in [4.78, 5) is 12.2. The van der Waals surface area contributed by atoms with Crippen LogP contribution in [0.25, 0.3) is 0 Å². The Morgan fingerprint density at radius 1 is 1.28 bits per heavy atom. The van der Waals surface area contributed by atoms with E-state index in [1.165, 1.54) is 11.8 Å². The highest BCUT2D eigenvalue weighted by molar-refractivity contribution is 8.01. The number of rotatable bonds is 5. The van der Waals surface area contributed by atoms with Crippen LogP contribution in [0.5, 0.6) is 11.5 Å². The van der Waals surface area contributed by atoms with Gasteiger partial charge in [-0.2, -0.15) is 0 Å². The third-order valence-electron chi connectivity index (χ3n) is 3.22. The molecule has 0 saturated heterocycles. The summed E-state index contributed by atoms with van der Waals surface area (Å²) in [5.41, 5.74) is 0. The fourth-order valence-corrected chi connectivity index (χ4v) is 3.30. The molecule has 1 aliphatic carbocycles. The summed E-state index contributed by atoms with van der Waals surface area (Å²) in [6, 6.07) is 5.50. The van der Waals surface area contributed by atoms with Crippen molar-refractivity contribution in [3.63, 3.8) is 0 Å². The number of thioether (sulfide) groups is 1. The molecule has 1 aromatic carbocycles. The smallest absolute Gasteiger partial charge is 0.320 e. The first kappa shape index (κ1) is 13.1. The summed E-state index contributed by atoms with van der Waals surface area (Å²) in [6.07, 6.45) is 2.43. The number of carboxylic acid groups (broad SMARTS) is 1. The predicted octanol–water partition coefficient (Wildman–Crippen LogP) is 2.80. The Bertz CT molecular complexity index is 454. The number of hydrogen-bond donors (Lipinski definition) is 1. The molecular formula is C13H16O4S. The molecule has 18 heavy (non-hydrogen) atoms. The van der Waals surface area contributed by atoms with Gasteiger partial charge in [0.1, 0.15) is 4.75 Å². The van der Waals surface area contributed by atoms with E-state index in [1.807, 2.05) is 12.1 Å². The van der Waals surface area contributed by atoms with Gasteiger partial charge in [0.05, 0.1) is 14.2 Å². The molecule has 5 heteroatoms. The highest BCUT2D eigenvalue weighted by atomic mass is 32.2. The molecule has 1 aromatic rings. The van der Waals surface area contributed by atoms with Crippen LogP contribution < -0.4 is 9.47 Å². The lowest BCUT2D eigenvalue weighted by Crippen LogP contribution is -2.41. The van der Waals surface area contributed by atoms with Crippen molar-refractivity contribution >= 4 is 17.7 Å². The monoisotopic (exact) mass is 268 g/mol. The van der Waals surface area contributed by atoms with Gasteiger partial charge in [-0.25, -0.2) is 0 Å². The number of ether oxygens (including phenoxy) is 2. The van der Waals surface area contributed by atoms with Gasteiger partial charge < -0.3 is 14.6 Å². The first-order chi connectivity index (χ1) is 8.61. The lowest BCUT2D eigenvalue weighted by atomic mass is 9.84. The maximum atomic E-state index is 11.3. The average Bonchev–Trinajstić information content (AvgIpc) is 2.33. The van der Waals surface area contributed by atoms with E-state index in [-0.39, 0.29) is 0 Å². The van der Waals surface area contributed by atoms with Gasteiger partial charge in [-0.15, -0.1) is 11.8 Å². The average molecular weight is 268 g/mol. The molecule has 1 N–H and O–H groups in total. The molecule has 1 fully saturated rings. The standard InChI is InChI=1S/C13H16O4S/c1-16-10-5-4-9(8-11(10)17-2)18-13(12(14)15)6-3-7-13/h4-5,8H,3,6-7H2,1-2H3,(H,14,15). The summed E-state index contributed by atoms with van der Waals surface area (Å²) in [5.74, 6) is 0.552. The molecule has 0 atom stereocenters. The molecule has 0 unspecified atom stereocenters. The van der Waals surface area contributed by atoms with Gasteiger partial charge in [0.15, 0.2) is 11.5 Å². The van der Waals surface area contributed by atoms with Crippen LogP contribution in [0.4, 0.5) is 0 Å². The summed E-state index contributed by atoms with van der Waals surface area (Å²) in [7, 11) is 3.15. The van der Waals surface area contributed by atoms with Gasteiger partial charge in [-0.3, -0.25) is 4.79 Å². The zero-order valence-electron chi connectivity index (χ0n) is 10.4. The van der Waals surface area contributed by atoms with Crippen LogP contribution in [0.2, 0.25) is 0 Å². The van der Waals surface area contributed by atoms with E-state index < -0.39 is 10.7 Å². The number of hydrogen-bond acceptors (Lipinski definition) is 4. The van der Waals surface area contributed by atoms with Crippen molar-refractivity contribution in [1.82, 2.24) is 0 Å². The lowest BCUT2D eigenvalue weighted by Gasteiger charge is -2.36. The SMILES string of the molecule is COc1ccc(SC2(C(=O)O)CCC2)cc1OC. The molecule has 0 spiro atoms. The van der Waals surface area contributed by atoms with E-state index in [1.54, 1.807) is 20.3 Å². The number of aliphatic carboxylic acids is 1. The van der Waals surface area contributed by atoms with Gasteiger partial charge in [-0.05, 0) is 37.5 Å². The third kappa shape index (κ3) is 2.27. The Morgan fingerprint density at radius 2 is 1.94 bits per heavy atom. The molecule has 1 saturated carbocycles. The maximum absolute atomic E-state index is 11.3. The summed E-state index contributed by atoms with van der Waals surface area (Å²) < 4.78 is 9.72. The second kappa shape index (κ2) is 5.10. The van der Waals surface area contributed by atoms with Crippen molar-refractivity contribution in [1.29, 1.82) is 0 Å². The molecule has 0 aromatic heterocycles. The number of benzene rings is 1. The lowest BCUT2D eigenvalue weighted by molar-refractivity contribution is -0.142. The Balaban J connectivity index is 2.21. The summed E-state index contributed by atoms with van der Waals surface area (Å²) in [6.45, 7) is 0. The van der Waals surface area contributed by atoms with Gasteiger partial charge in [0.2, 0.25) is 0 Å². The van der Waals surface area contributed by atoms with Gasteiger partial charge in [0, 0.05) is 4.90 Å². The fraction of sp³-hybridized carbons (Fsp3) is 0.462. The number of methoxy groups -OCH3 is 2. The molecule has 0 radical (unpaired) electrons. The first-order valence-electron chi connectivity index (χ1n) is 5.76. The van der Waals surface area contributed by atoms with Crippen LogP contribution in [0.3, 0.4) is 0 Å². The van der Waals surface area contributed by atoms with Gasteiger partial charge in [-0.1, -0.05) is 0 Å². The predicted molar refractivity (Wildman–Crippen MR) is 69.6 cm³/mol. The molecule has 98 valence electrons. The van der Waals surface area contributed by atoms with Crippen LogP contribution >= 0.6 is 11.8 Å². The summed E-state index contributed by atoms with van der Waals surface area (Å²) >= 11 is 1.40. The number of carboxylic acids is 1. The molecule has 0 aliphatic heterocycles. The van der Waals surface area contributed by atoms with Crippen molar-refractivity contribution in [2.75, 3.05) is 14.2 Å². The van der Waals surface area contributed by atoms with Gasteiger partial charge in [0.25, 0.3) is 0 Å². The zero-order chi connectivity index (χ0) is 13.2. The normalized spacial score (nSPS) is 16.8. The number of carbonyl (C=O) groups is 1. The summed E-state index contributed by atoms with van der Waals surface area (Å²) in [5, 5.41) is 9.30. The molecule has 0 amide bonds. The van der Waals surface area contributed by atoms with E-state index in [9.17, 15) is 9.90 Å². The third-order valence-corrected chi connectivity index (χ3v) is 4.68. The molecule has 2 rings (SSSR count).